The Labute approximate surface area is 198 Å². The highest BCUT2D eigenvalue weighted by molar-refractivity contribution is 5.79. The monoisotopic (exact) mass is 458 g/mol. The smallest absolute Gasteiger partial charge is 0.223 e. The van der Waals surface area contributed by atoms with Crippen molar-refractivity contribution in [1.29, 1.82) is 0 Å². The number of rotatable bonds is 6. The summed E-state index contributed by atoms with van der Waals surface area (Å²) in [6.45, 7) is 6.80. The molecule has 7 unspecified atom stereocenters. The van der Waals surface area contributed by atoms with Gasteiger partial charge in [0.1, 0.15) is 5.76 Å². The Hall–Kier alpha value is -1.82. The van der Waals surface area contributed by atoms with Crippen LogP contribution in [0.4, 0.5) is 0 Å². The second kappa shape index (κ2) is 10.2. The number of aliphatic hydroxyl groups excluding tert-OH is 1. The number of aliphatic hydroxyl groups is 1. The molecule has 3 saturated carbocycles. The lowest BCUT2D eigenvalue weighted by atomic mass is 9.51. The molecule has 4 rings (SSSR count). The molecule has 0 radical (unpaired) electrons. The second-order valence-electron chi connectivity index (χ2n) is 11.3. The largest absolute Gasteiger partial charge is 0.467 e. The lowest BCUT2D eigenvalue weighted by Gasteiger charge is -2.56. The number of hydrogen-bond donors (Lipinski definition) is 3. The van der Waals surface area contributed by atoms with Gasteiger partial charge in [0, 0.05) is 17.9 Å². The van der Waals surface area contributed by atoms with Gasteiger partial charge in [0.15, 0.2) is 0 Å². The first-order valence-corrected chi connectivity index (χ1v) is 13.1. The lowest BCUT2D eigenvalue weighted by Crippen LogP contribution is -2.59. The predicted octanol–water partition coefficient (Wildman–Crippen LogP) is 4.42. The van der Waals surface area contributed by atoms with Crippen molar-refractivity contribution >= 4 is 11.8 Å². The normalized spacial score (nSPS) is 35.9. The van der Waals surface area contributed by atoms with E-state index in [1.54, 1.807) is 6.26 Å². The van der Waals surface area contributed by atoms with Gasteiger partial charge in [-0.05, 0) is 73.8 Å². The van der Waals surface area contributed by atoms with Crippen molar-refractivity contribution < 1.29 is 19.1 Å². The molecule has 3 aliphatic rings. The average molecular weight is 459 g/mol. The Balaban J connectivity index is 1.40. The maximum Gasteiger partial charge on any atom is 0.223 e. The van der Waals surface area contributed by atoms with Crippen LogP contribution in [-0.4, -0.2) is 29.1 Å². The number of furan rings is 1. The molecule has 1 aromatic heterocycles. The Bertz CT molecular complexity index is 803. The van der Waals surface area contributed by atoms with E-state index < -0.39 is 6.10 Å². The van der Waals surface area contributed by atoms with Gasteiger partial charge >= 0.3 is 0 Å². The highest BCUT2D eigenvalue weighted by Crippen LogP contribution is 2.55. The zero-order valence-electron chi connectivity index (χ0n) is 20.5. The topological polar surface area (TPSA) is 91.6 Å². The number of hydrogen-bond acceptors (Lipinski definition) is 4. The van der Waals surface area contributed by atoms with E-state index >= 15 is 0 Å². The number of amides is 2. The minimum atomic E-state index is -0.544. The lowest BCUT2D eigenvalue weighted by molar-refractivity contribution is -0.144. The van der Waals surface area contributed by atoms with Crippen molar-refractivity contribution in [3.8, 4) is 0 Å². The fourth-order valence-corrected chi connectivity index (χ4v) is 7.11. The Morgan fingerprint density at radius 3 is 2.61 bits per heavy atom. The zero-order valence-corrected chi connectivity index (χ0v) is 20.5. The third-order valence-corrected chi connectivity index (χ3v) is 9.26. The summed E-state index contributed by atoms with van der Waals surface area (Å²) < 4.78 is 5.32. The second-order valence-corrected chi connectivity index (χ2v) is 11.3. The van der Waals surface area contributed by atoms with E-state index in [1.165, 1.54) is 6.42 Å². The Kier molecular flexibility index (Phi) is 7.52. The Morgan fingerprint density at radius 1 is 1.18 bits per heavy atom. The summed E-state index contributed by atoms with van der Waals surface area (Å²) in [7, 11) is 0. The van der Waals surface area contributed by atoms with Crippen LogP contribution in [0.3, 0.4) is 0 Å². The van der Waals surface area contributed by atoms with Crippen LogP contribution in [-0.2, 0) is 16.1 Å². The molecule has 1 aromatic rings. The third kappa shape index (κ3) is 5.16. The molecule has 1 heterocycles. The van der Waals surface area contributed by atoms with Gasteiger partial charge in [-0.1, -0.05) is 40.0 Å². The highest BCUT2D eigenvalue weighted by Gasteiger charge is 2.54. The first kappa shape index (κ1) is 24.3. The Morgan fingerprint density at radius 2 is 1.91 bits per heavy atom. The van der Waals surface area contributed by atoms with Gasteiger partial charge < -0.3 is 20.2 Å². The van der Waals surface area contributed by atoms with E-state index in [2.05, 4.69) is 24.5 Å². The van der Waals surface area contributed by atoms with E-state index in [0.717, 1.165) is 57.1 Å². The molecule has 0 aromatic carbocycles. The summed E-state index contributed by atoms with van der Waals surface area (Å²) in [6, 6.07) is 3.76. The number of fused-ring (bicyclic) bond motifs is 1. The zero-order chi connectivity index (χ0) is 23.6. The van der Waals surface area contributed by atoms with Crippen LogP contribution < -0.4 is 10.6 Å². The van der Waals surface area contributed by atoms with Gasteiger partial charge in [-0.2, -0.15) is 0 Å². The molecule has 3 fully saturated rings. The van der Waals surface area contributed by atoms with E-state index in [-0.39, 0.29) is 52.9 Å². The molecule has 33 heavy (non-hydrogen) atoms. The first-order valence-electron chi connectivity index (χ1n) is 13.1. The van der Waals surface area contributed by atoms with Gasteiger partial charge in [-0.15, -0.1) is 0 Å². The summed E-state index contributed by atoms with van der Waals surface area (Å²) in [5.74, 6) is 0.978. The van der Waals surface area contributed by atoms with Crippen LogP contribution in [0.15, 0.2) is 22.8 Å². The van der Waals surface area contributed by atoms with Gasteiger partial charge in [-0.3, -0.25) is 9.59 Å². The van der Waals surface area contributed by atoms with Crippen LogP contribution in [0.2, 0.25) is 0 Å². The molecular formula is C27H42N2O4. The molecule has 0 spiro atoms. The number of carbonyl (C=O) groups is 2. The SMILES string of the molecule is CC(C(=O)NCc1ccco1)C1CCC2(C)CCC(NC(=O)C3CCCCC3)C(C)C2C1O. The summed E-state index contributed by atoms with van der Waals surface area (Å²) in [5, 5.41) is 17.9. The van der Waals surface area contributed by atoms with E-state index in [0.29, 0.717) is 6.54 Å². The molecule has 0 bridgehead atoms. The maximum atomic E-state index is 12.9. The van der Waals surface area contributed by atoms with Crippen molar-refractivity contribution in [2.24, 2.45) is 35.0 Å². The van der Waals surface area contributed by atoms with Gasteiger partial charge in [0.25, 0.3) is 0 Å². The molecule has 2 amide bonds. The van der Waals surface area contributed by atoms with E-state index in [9.17, 15) is 14.7 Å². The first-order chi connectivity index (χ1) is 15.8. The average Bonchev–Trinajstić information content (AvgIpc) is 3.33. The number of nitrogens with one attached hydrogen (secondary N) is 2. The molecular weight excluding hydrogens is 416 g/mol. The summed E-state index contributed by atoms with van der Waals surface area (Å²) in [5.41, 5.74) is 0.0613. The van der Waals surface area contributed by atoms with Crippen LogP contribution in [0.25, 0.3) is 0 Å². The van der Waals surface area contributed by atoms with Crippen molar-refractivity contribution in [1.82, 2.24) is 10.6 Å². The van der Waals surface area contributed by atoms with Crippen molar-refractivity contribution in [3.05, 3.63) is 24.2 Å². The molecule has 6 heteroatoms. The molecule has 184 valence electrons. The summed E-state index contributed by atoms with van der Waals surface area (Å²) >= 11 is 0. The molecule has 0 aliphatic heterocycles. The predicted molar refractivity (Wildman–Crippen MR) is 127 cm³/mol. The van der Waals surface area contributed by atoms with Crippen molar-refractivity contribution in [2.45, 2.75) is 97.2 Å². The highest BCUT2D eigenvalue weighted by atomic mass is 16.3. The van der Waals surface area contributed by atoms with Gasteiger partial charge in [-0.25, -0.2) is 0 Å². The van der Waals surface area contributed by atoms with E-state index in [1.807, 2.05) is 19.1 Å². The van der Waals surface area contributed by atoms with Gasteiger partial charge in [0.2, 0.25) is 11.8 Å². The maximum absolute atomic E-state index is 12.9. The van der Waals surface area contributed by atoms with Gasteiger partial charge in [0.05, 0.1) is 18.9 Å². The van der Waals surface area contributed by atoms with Crippen LogP contribution in [0.1, 0.15) is 84.3 Å². The van der Waals surface area contributed by atoms with Crippen LogP contribution >= 0.6 is 0 Å². The minimum absolute atomic E-state index is 0.0373. The standard InChI is InChI=1S/C27H42N2O4/c1-17(25(31)28-16-20-10-7-15-33-20)21-11-13-27(3)14-12-22(18(2)23(27)24(21)30)29-26(32)19-8-5-4-6-9-19/h7,10,15,17-19,21-24,30H,4-6,8-9,11-14,16H2,1-3H3,(H,28,31)(H,29,32). The number of carbonyl (C=O) groups excluding carboxylic acids is 2. The third-order valence-electron chi connectivity index (χ3n) is 9.26. The molecule has 7 atom stereocenters. The van der Waals surface area contributed by atoms with Crippen LogP contribution in [0.5, 0.6) is 0 Å². The van der Waals surface area contributed by atoms with E-state index in [4.69, 9.17) is 4.42 Å². The van der Waals surface area contributed by atoms with Crippen LogP contribution in [0, 0.1) is 35.0 Å². The molecule has 3 N–H and O–H groups in total. The molecule has 6 nitrogen and oxygen atoms in total. The summed E-state index contributed by atoms with van der Waals surface area (Å²) in [6.07, 6.45) is 10.5. The minimum Gasteiger partial charge on any atom is -0.467 e. The molecule has 0 saturated heterocycles. The fourth-order valence-electron chi connectivity index (χ4n) is 7.11. The fraction of sp³-hybridized carbons (Fsp3) is 0.778. The summed E-state index contributed by atoms with van der Waals surface area (Å²) in [4.78, 5) is 25.8. The molecule has 3 aliphatic carbocycles. The quantitative estimate of drug-likeness (QED) is 0.588. The van der Waals surface area contributed by atoms with Crippen molar-refractivity contribution in [2.75, 3.05) is 0 Å². The van der Waals surface area contributed by atoms with Crippen molar-refractivity contribution in [3.63, 3.8) is 0 Å².